The molecule has 47 heavy (non-hydrogen) atoms. The topological polar surface area (TPSA) is 127 Å². The lowest BCUT2D eigenvalue weighted by Crippen LogP contribution is -2.50. The lowest BCUT2D eigenvalue weighted by atomic mass is 9.75. The second kappa shape index (κ2) is 13.2. The maximum atomic E-state index is 13.0. The zero-order valence-electron chi connectivity index (χ0n) is 27.4. The number of aldehydes is 1. The number of nitriles is 1. The molecule has 2 fully saturated rings. The highest BCUT2D eigenvalue weighted by Crippen LogP contribution is 2.38. The molecule has 1 amide bonds. The SMILES string of the molecule is CCC1(C(=O)NC(C)C)CCN(c2ccc(-c3cc(-c4ccc(N5CCC(O)(CC=O)CC5)cc4)cn4ncc(C#N)c34)cn2)CC1. The van der Waals surface area contributed by atoms with Gasteiger partial charge in [0.05, 0.1) is 28.3 Å². The van der Waals surface area contributed by atoms with E-state index in [4.69, 9.17) is 4.98 Å². The number of nitrogens with zero attached hydrogens (tertiary/aromatic N) is 6. The Morgan fingerprint density at radius 1 is 1.00 bits per heavy atom. The number of aliphatic hydroxyl groups is 1. The standard InChI is InChI=1S/C37H43N7O3/c1-4-36(35(46)41-26(2)3)11-16-43(17-12-36)33-10-7-28(23-39-33)32-21-29(25-44-34(32)30(22-38)24-40-44)27-5-8-31(9-6-27)42-18-13-37(47,14-19-42)15-20-45/h5-10,20-21,23-26,47H,4,11-19H2,1-3H3,(H,41,46). The molecule has 2 N–H and O–H groups in total. The van der Waals surface area contributed by atoms with Crippen molar-refractivity contribution in [1.82, 2.24) is 19.9 Å². The number of benzene rings is 1. The highest BCUT2D eigenvalue weighted by Gasteiger charge is 2.40. The van der Waals surface area contributed by atoms with E-state index >= 15 is 0 Å². The van der Waals surface area contributed by atoms with Crippen LogP contribution in [0.5, 0.6) is 0 Å². The minimum absolute atomic E-state index is 0.124. The van der Waals surface area contributed by atoms with Gasteiger partial charge in [0.2, 0.25) is 5.91 Å². The van der Waals surface area contributed by atoms with Gasteiger partial charge in [0.25, 0.3) is 0 Å². The minimum Gasteiger partial charge on any atom is -0.389 e. The summed E-state index contributed by atoms with van der Waals surface area (Å²) in [7, 11) is 0. The summed E-state index contributed by atoms with van der Waals surface area (Å²) in [5.74, 6) is 1.03. The van der Waals surface area contributed by atoms with Crippen LogP contribution in [0.15, 0.2) is 61.1 Å². The second-order valence-corrected chi connectivity index (χ2v) is 13.4. The number of nitrogens with one attached hydrogen (secondary N) is 1. The monoisotopic (exact) mass is 633 g/mol. The molecule has 4 aromatic rings. The average Bonchev–Trinajstić information content (AvgIpc) is 3.51. The summed E-state index contributed by atoms with van der Waals surface area (Å²) in [6.45, 7) is 9.02. The molecule has 10 heteroatoms. The number of hydrogen-bond donors (Lipinski definition) is 2. The van der Waals surface area contributed by atoms with Crippen LogP contribution < -0.4 is 15.1 Å². The third kappa shape index (κ3) is 6.45. The average molecular weight is 634 g/mol. The molecule has 0 bridgehead atoms. The van der Waals surface area contributed by atoms with Crippen LogP contribution in [-0.2, 0) is 9.59 Å². The molecular formula is C37H43N7O3. The third-order valence-corrected chi connectivity index (χ3v) is 10.1. The molecule has 0 atom stereocenters. The smallest absolute Gasteiger partial charge is 0.226 e. The van der Waals surface area contributed by atoms with Gasteiger partial charge < -0.3 is 25.0 Å². The molecule has 2 saturated heterocycles. The Balaban J connectivity index is 1.23. The van der Waals surface area contributed by atoms with E-state index in [1.165, 1.54) is 0 Å². The first-order chi connectivity index (χ1) is 22.7. The summed E-state index contributed by atoms with van der Waals surface area (Å²) in [6.07, 6.45) is 9.91. The molecule has 0 spiro atoms. The van der Waals surface area contributed by atoms with Crippen LogP contribution in [0.2, 0.25) is 0 Å². The third-order valence-electron chi connectivity index (χ3n) is 10.1. The minimum atomic E-state index is -0.900. The number of anilines is 2. The largest absolute Gasteiger partial charge is 0.389 e. The molecule has 6 rings (SSSR count). The first-order valence-electron chi connectivity index (χ1n) is 16.6. The number of fused-ring (bicyclic) bond motifs is 1. The number of aromatic nitrogens is 3. The van der Waals surface area contributed by atoms with Crippen LogP contribution in [-0.4, -0.2) is 69.7 Å². The van der Waals surface area contributed by atoms with Gasteiger partial charge in [-0.1, -0.05) is 19.1 Å². The van der Waals surface area contributed by atoms with Gasteiger partial charge in [-0.25, -0.2) is 9.50 Å². The van der Waals surface area contributed by atoms with Crippen molar-refractivity contribution in [3.63, 3.8) is 0 Å². The lowest BCUT2D eigenvalue weighted by Gasteiger charge is -2.41. The van der Waals surface area contributed by atoms with Crippen molar-refractivity contribution in [2.75, 3.05) is 36.0 Å². The lowest BCUT2D eigenvalue weighted by molar-refractivity contribution is -0.133. The Morgan fingerprint density at radius 2 is 1.68 bits per heavy atom. The molecule has 244 valence electrons. The van der Waals surface area contributed by atoms with Gasteiger partial charge in [-0.05, 0) is 81.8 Å². The maximum Gasteiger partial charge on any atom is 0.226 e. The summed E-state index contributed by atoms with van der Waals surface area (Å²) in [5.41, 5.74) is 4.81. The number of piperidine rings is 2. The maximum absolute atomic E-state index is 13.0. The molecule has 10 nitrogen and oxygen atoms in total. The molecule has 0 radical (unpaired) electrons. The van der Waals surface area contributed by atoms with Gasteiger partial charge in [0, 0.05) is 73.4 Å². The normalized spacial score (nSPS) is 17.4. The summed E-state index contributed by atoms with van der Waals surface area (Å²) in [4.78, 5) is 33.3. The van der Waals surface area contributed by atoms with Crippen molar-refractivity contribution in [3.05, 3.63) is 66.6 Å². The molecule has 1 aromatic carbocycles. The fourth-order valence-corrected chi connectivity index (χ4v) is 7.04. The van der Waals surface area contributed by atoms with Crippen LogP contribution in [0.3, 0.4) is 0 Å². The van der Waals surface area contributed by atoms with E-state index in [1.54, 1.807) is 10.7 Å². The fourth-order valence-electron chi connectivity index (χ4n) is 7.04. The summed E-state index contributed by atoms with van der Waals surface area (Å²) in [6, 6.07) is 16.9. The van der Waals surface area contributed by atoms with Gasteiger partial charge >= 0.3 is 0 Å². The first-order valence-corrected chi connectivity index (χ1v) is 16.6. The van der Waals surface area contributed by atoms with Gasteiger partial charge in [-0.2, -0.15) is 10.4 Å². The van der Waals surface area contributed by atoms with Crippen molar-refractivity contribution < 1.29 is 14.7 Å². The van der Waals surface area contributed by atoms with Crippen LogP contribution >= 0.6 is 0 Å². The van der Waals surface area contributed by atoms with E-state index in [0.717, 1.165) is 77.9 Å². The molecule has 2 aliphatic heterocycles. The number of pyridine rings is 2. The number of carbonyl (C=O) groups is 2. The van der Waals surface area contributed by atoms with Gasteiger partial charge in [0.15, 0.2) is 0 Å². The zero-order valence-corrected chi connectivity index (χ0v) is 27.4. The van der Waals surface area contributed by atoms with E-state index in [9.17, 15) is 20.0 Å². The predicted molar refractivity (Wildman–Crippen MR) is 183 cm³/mol. The van der Waals surface area contributed by atoms with E-state index in [0.29, 0.717) is 31.5 Å². The molecule has 0 saturated carbocycles. The Bertz CT molecular complexity index is 1770. The Morgan fingerprint density at radius 3 is 2.28 bits per heavy atom. The molecule has 0 unspecified atom stereocenters. The fraction of sp³-hybridized carbons (Fsp3) is 0.432. The van der Waals surface area contributed by atoms with Crippen LogP contribution in [0, 0.1) is 16.7 Å². The highest BCUT2D eigenvalue weighted by atomic mass is 16.3. The zero-order chi connectivity index (χ0) is 33.2. The summed E-state index contributed by atoms with van der Waals surface area (Å²) >= 11 is 0. The second-order valence-electron chi connectivity index (χ2n) is 13.4. The van der Waals surface area contributed by atoms with Crippen molar-refractivity contribution in [2.45, 2.75) is 70.9 Å². The molecule has 0 aliphatic carbocycles. The van der Waals surface area contributed by atoms with E-state index in [1.807, 2.05) is 38.4 Å². The van der Waals surface area contributed by atoms with E-state index in [2.05, 4.69) is 63.5 Å². The van der Waals surface area contributed by atoms with Crippen LogP contribution in [0.25, 0.3) is 27.8 Å². The van der Waals surface area contributed by atoms with Crippen molar-refractivity contribution >= 4 is 29.2 Å². The molecule has 3 aromatic heterocycles. The van der Waals surface area contributed by atoms with Gasteiger partial charge in [-0.3, -0.25) is 4.79 Å². The number of carbonyl (C=O) groups excluding carboxylic acids is 2. The molecule has 5 heterocycles. The van der Waals surface area contributed by atoms with Crippen molar-refractivity contribution in [2.24, 2.45) is 5.41 Å². The van der Waals surface area contributed by atoms with Crippen LogP contribution in [0.1, 0.15) is 64.9 Å². The summed E-state index contributed by atoms with van der Waals surface area (Å²) in [5, 5.41) is 28.1. The van der Waals surface area contributed by atoms with Crippen molar-refractivity contribution in [3.8, 4) is 28.3 Å². The number of amides is 1. The first kappa shape index (κ1) is 32.2. The van der Waals surface area contributed by atoms with Gasteiger partial charge in [0.1, 0.15) is 18.2 Å². The Hall–Kier alpha value is -4.75. The van der Waals surface area contributed by atoms with Crippen LogP contribution in [0.4, 0.5) is 11.5 Å². The highest BCUT2D eigenvalue weighted by molar-refractivity contribution is 5.88. The number of hydrogen-bond acceptors (Lipinski definition) is 8. The molecule has 2 aliphatic rings. The quantitative estimate of drug-likeness (QED) is 0.236. The van der Waals surface area contributed by atoms with E-state index < -0.39 is 5.60 Å². The number of rotatable bonds is 9. The molecular weight excluding hydrogens is 590 g/mol. The summed E-state index contributed by atoms with van der Waals surface area (Å²) < 4.78 is 1.76. The van der Waals surface area contributed by atoms with Crippen molar-refractivity contribution in [1.29, 1.82) is 5.26 Å². The van der Waals surface area contributed by atoms with Gasteiger partial charge in [-0.15, -0.1) is 0 Å². The Labute approximate surface area is 276 Å². The predicted octanol–water partition coefficient (Wildman–Crippen LogP) is 5.38. The van der Waals surface area contributed by atoms with E-state index in [-0.39, 0.29) is 23.8 Å². The Kier molecular flexibility index (Phi) is 9.02.